The lowest BCUT2D eigenvalue weighted by Crippen LogP contribution is -1.98. The number of ketones is 1. The second-order valence-corrected chi connectivity index (χ2v) is 4.47. The van der Waals surface area contributed by atoms with Crippen molar-refractivity contribution in [2.75, 3.05) is 0 Å². The molecular formula is C15H8ClO2. The minimum absolute atomic E-state index is 0.168. The Balaban J connectivity index is 2.25. The molecule has 0 saturated carbocycles. The van der Waals surface area contributed by atoms with Gasteiger partial charge < -0.3 is 0 Å². The summed E-state index contributed by atoms with van der Waals surface area (Å²) in [6, 6.07) is 13.7. The van der Waals surface area contributed by atoms with Gasteiger partial charge >= 0.3 is 0 Å². The molecule has 0 N–H and O–H groups in total. The normalized spacial score (nSPS) is 13.9. The van der Waals surface area contributed by atoms with Gasteiger partial charge in [0.25, 0.3) is 0 Å². The van der Waals surface area contributed by atoms with Gasteiger partial charge in [0.15, 0.2) is 11.5 Å². The maximum Gasteiger partial charge on any atom is 0.198 e. The molecular weight excluding hydrogens is 248 g/mol. The van der Waals surface area contributed by atoms with E-state index < -0.39 is 0 Å². The molecule has 0 fully saturated rings. The fourth-order valence-corrected chi connectivity index (χ4v) is 2.39. The van der Waals surface area contributed by atoms with Gasteiger partial charge in [-0.25, -0.2) is 0 Å². The minimum atomic E-state index is -0.247. The highest BCUT2D eigenvalue weighted by atomic mass is 35.5. The fraction of sp³-hybridized carbons (Fsp3) is 0. The van der Waals surface area contributed by atoms with E-state index in [4.69, 9.17) is 11.6 Å². The number of Topliss-reactive ketones (excluding diaryl/α,β-unsaturated/α-hetero) is 1. The van der Waals surface area contributed by atoms with Crippen LogP contribution in [0.25, 0.3) is 11.3 Å². The minimum Gasteiger partial charge on any atom is -0.288 e. The van der Waals surface area contributed by atoms with Gasteiger partial charge in [0.05, 0.1) is 5.57 Å². The summed E-state index contributed by atoms with van der Waals surface area (Å²) >= 11 is 6.05. The highest BCUT2D eigenvalue weighted by Gasteiger charge is 2.32. The Hall–Kier alpha value is -2.06. The zero-order valence-electron chi connectivity index (χ0n) is 9.31. The van der Waals surface area contributed by atoms with Crippen LogP contribution >= 0.6 is 11.6 Å². The first kappa shape index (κ1) is 11.1. The molecule has 0 amide bonds. The largest absolute Gasteiger partial charge is 0.288 e. The number of benzene rings is 2. The molecule has 0 atom stereocenters. The summed E-state index contributed by atoms with van der Waals surface area (Å²) in [5.74, 6) is -0.493. The molecule has 0 saturated heterocycles. The molecule has 18 heavy (non-hydrogen) atoms. The molecule has 0 unspecified atom stereocenters. The molecule has 87 valence electrons. The number of halogens is 1. The molecule has 3 heteroatoms. The third kappa shape index (κ3) is 1.46. The molecule has 1 aliphatic carbocycles. The zero-order chi connectivity index (χ0) is 12.7. The molecule has 0 bridgehead atoms. The van der Waals surface area contributed by atoms with Crippen molar-refractivity contribution in [2.24, 2.45) is 0 Å². The molecule has 1 aliphatic rings. The lowest BCUT2D eigenvalue weighted by Gasteiger charge is -2.03. The van der Waals surface area contributed by atoms with Crippen molar-refractivity contribution in [3.63, 3.8) is 0 Å². The summed E-state index contributed by atoms with van der Waals surface area (Å²) in [5.41, 5.74) is 1.59. The predicted molar refractivity (Wildman–Crippen MR) is 69.7 cm³/mol. The van der Waals surface area contributed by atoms with Gasteiger partial charge in [-0.05, 0) is 6.07 Å². The molecule has 2 aromatic carbocycles. The first-order chi connectivity index (χ1) is 8.70. The van der Waals surface area contributed by atoms with Crippen molar-refractivity contribution in [2.45, 2.75) is 0 Å². The van der Waals surface area contributed by atoms with Crippen molar-refractivity contribution in [3.8, 4) is 0 Å². The van der Waals surface area contributed by atoms with Crippen LogP contribution in [0.5, 0.6) is 0 Å². The van der Waals surface area contributed by atoms with Crippen LogP contribution in [-0.2, 0) is 5.11 Å². The second kappa shape index (κ2) is 4.00. The van der Waals surface area contributed by atoms with E-state index in [1.807, 2.05) is 0 Å². The fourth-order valence-electron chi connectivity index (χ4n) is 2.16. The SMILES string of the molecule is [O]C1=C(c2ccccc2Cl)C(=O)c2ccccc21. The third-order valence-electron chi connectivity index (χ3n) is 3.01. The highest BCUT2D eigenvalue weighted by molar-refractivity contribution is 6.42. The van der Waals surface area contributed by atoms with Crippen LogP contribution in [-0.4, -0.2) is 5.78 Å². The highest BCUT2D eigenvalue weighted by Crippen LogP contribution is 2.39. The van der Waals surface area contributed by atoms with Crippen LogP contribution < -0.4 is 0 Å². The maximum absolute atomic E-state index is 12.2. The van der Waals surface area contributed by atoms with E-state index in [-0.39, 0.29) is 17.1 Å². The predicted octanol–water partition coefficient (Wildman–Crippen LogP) is 3.84. The maximum atomic E-state index is 12.2. The summed E-state index contributed by atoms with van der Waals surface area (Å²) in [7, 11) is 0. The first-order valence-electron chi connectivity index (χ1n) is 5.50. The van der Waals surface area contributed by atoms with Gasteiger partial charge in [-0.1, -0.05) is 54.1 Å². The number of allylic oxidation sites excluding steroid dienone is 1. The van der Waals surface area contributed by atoms with Crippen molar-refractivity contribution in [1.29, 1.82) is 0 Å². The Labute approximate surface area is 109 Å². The third-order valence-corrected chi connectivity index (χ3v) is 3.34. The Morgan fingerprint density at radius 1 is 0.778 bits per heavy atom. The summed E-state index contributed by atoms with van der Waals surface area (Å²) < 4.78 is 0. The molecule has 0 aliphatic heterocycles. The van der Waals surface area contributed by atoms with Crippen LogP contribution in [0, 0.1) is 0 Å². The lowest BCUT2D eigenvalue weighted by molar-refractivity contribution is 0.105. The van der Waals surface area contributed by atoms with E-state index in [2.05, 4.69) is 0 Å². The molecule has 1 radical (unpaired) electrons. The monoisotopic (exact) mass is 255 g/mol. The van der Waals surface area contributed by atoms with Gasteiger partial charge in [0, 0.05) is 21.7 Å². The van der Waals surface area contributed by atoms with E-state index in [0.29, 0.717) is 21.7 Å². The van der Waals surface area contributed by atoms with Gasteiger partial charge in [-0.2, -0.15) is 0 Å². The van der Waals surface area contributed by atoms with Gasteiger partial charge in [0.2, 0.25) is 0 Å². The first-order valence-corrected chi connectivity index (χ1v) is 5.88. The van der Waals surface area contributed by atoms with Crippen molar-refractivity contribution in [3.05, 3.63) is 70.2 Å². The van der Waals surface area contributed by atoms with Crippen LogP contribution in [0.15, 0.2) is 48.5 Å². The molecule has 0 spiro atoms. The van der Waals surface area contributed by atoms with E-state index in [1.54, 1.807) is 48.5 Å². The van der Waals surface area contributed by atoms with E-state index in [1.165, 1.54) is 0 Å². The number of fused-ring (bicyclic) bond motifs is 1. The van der Waals surface area contributed by atoms with Gasteiger partial charge in [-0.3, -0.25) is 9.90 Å². The van der Waals surface area contributed by atoms with Crippen LogP contribution in [0.2, 0.25) is 5.02 Å². The number of hydrogen-bond acceptors (Lipinski definition) is 1. The van der Waals surface area contributed by atoms with Gasteiger partial charge in [0.1, 0.15) is 0 Å². The molecule has 2 aromatic rings. The smallest absolute Gasteiger partial charge is 0.198 e. The number of carbonyl (C=O) groups excluding carboxylic acids is 1. The molecule has 0 aromatic heterocycles. The standard InChI is InChI=1S/C15H8ClO2/c16-12-8-4-3-7-11(12)13-14(17)9-5-1-2-6-10(9)15(13)18/h1-8H. The van der Waals surface area contributed by atoms with E-state index >= 15 is 0 Å². The second-order valence-electron chi connectivity index (χ2n) is 4.06. The van der Waals surface area contributed by atoms with E-state index in [0.717, 1.165) is 0 Å². The number of hydrogen-bond donors (Lipinski definition) is 0. The molecule has 3 rings (SSSR count). The topological polar surface area (TPSA) is 37.0 Å². The van der Waals surface area contributed by atoms with Crippen LogP contribution in [0.3, 0.4) is 0 Å². The van der Waals surface area contributed by atoms with E-state index in [9.17, 15) is 9.90 Å². The molecule has 2 nitrogen and oxygen atoms in total. The Bertz CT molecular complexity index is 686. The zero-order valence-corrected chi connectivity index (χ0v) is 10.1. The number of rotatable bonds is 1. The molecule has 0 heterocycles. The van der Waals surface area contributed by atoms with Crippen molar-refractivity contribution >= 4 is 28.7 Å². The lowest BCUT2D eigenvalue weighted by atomic mass is 10.0. The Morgan fingerprint density at radius 3 is 1.94 bits per heavy atom. The summed E-state index contributed by atoms with van der Waals surface area (Å²) in [4.78, 5) is 12.2. The van der Waals surface area contributed by atoms with Crippen LogP contribution in [0.1, 0.15) is 21.5 Å². The van der Waals surface area contributed by atoms with Crippen molar-refractivity contribution < 1.29 is 9.90 Å². The summed E-state index contributed by atoms with van der Waals surface area (Å²) in [6.45, 7) is 0. The number of carbonyl (C=O) groups is 1. The Kier molecular flexibility index (Phi) is 2.46. The summed E-state index contributed by atoms with van der Waals surface area (Å²) in [5, 5.41) is 12.7. The van der Waals surface area contributed by atoms with Gasteiger partial charge in [-0.15, -0.1) is 0 Å². The average Bonchev–Trinajstić information content (AvgIpc) is 2.64. The van der Waals surface area contributed by atoms with Crippen molar-refractivity contribution in [1.82, 2.24) is 0 Å². The average molecular weight is 256 g/mol. The summed E-state index contributed by atoms with van der Waals surface area (Å²) in [6.07, 6.45) is 0. The van der Waals surface area contributed by atoms with Crippen LogP contribution in [0.4, 0.5) is 0 Å². The Morgan fingerprint density at radius 2 is 1.33 bits per heavy atom. The quantitative estimate of drug-likeness (QED) is 0.763.